The molecule has 1 heterocycles. The van der Waals surface area contributed by atoms with E-state index in [2.05, 4.69) is 23.5 Å². The summed E-state index contributed by atoms with van der Waals surface area (Å²) in [6.45, 7) is 2.25. The van der Waals surface area contributed by atoms with E-state index in [1.807, 2.05) is 6.07 Å². The monoisotopic (exact) mass is 177 g/mol. The fraction of sp³-hybridized carbons (Fsp3) is 0.455. The van der Waals surface area contributed by atoms with Crippen LogP contribution in [0.2, 0.25) is 0 Å². The first kappa shape index (κ1) is 8.57. The molecule has 1 saturated heterocycles. The average molecular weight is 177 g/mol. The third kappa shape index (κ3) is 1.83. The highest BCUT2D eigenvalue weighted by Crippen LogP contribution is 2.25. The van der Waals surface area contributed by atoms with Crippen molar-refractivity contribution < 1.29 is 4.74 Å². The second kappa shape index (κ2) is 3.79. The maximum Gasteiger partial charge on any atom is 0.119 e. The number of hydrogen-bond donors (Lipinski definition) is 1. The summed E-state index contributed by atoms with van der Waals surface area (Å²) in [5.74, 6) is 1.64. The van der Waals surface area contributed by atoms with Crippen LogP contribution in [0.3, 0.4) is 0 Å². The van der Waals surface area contributed by atoms with Gasteiger partial charge in [0, 0.05) is 6.54 Å². The summed E-state index contributed by atoms with van der Waals surface area (Å²) >= 11 is 0. The molecule has 0 unspecified atom stereocenters. The van der Waals surface area contributed by atoms with Crippen LogP contribution in [-0.2, 0) is 0 Å². The Balaban J connectivity index is 2.18. The highest BCUT2D eigenvalue weighted by Gasteiger charge is 2.16. The zero-order valence-corrected chi connectivity index (χ0v) is 7.92. The molecule has 1 fully saturated rings. The molecule has 1 atom stereocenters. The maximum absolute atomic E-state index is 5.19. The molecular formula is C11H15NO. The predicted molar refractivity (Wildman–Crippen MR) is 53.2 cm³/mol. The fourth-order valence-corrected chi connectivity index (χ4v) is 1.83. The summed E-state index contributed by atoms with van der Waals surface area (Å²) in [7, 11) is 1.71. The van der Waals surface area contributed by atoms with Gasteiger partial charge in [-0.25, -0.2) is 0 Å². The van der Waals surface area contributed by atoms with Crippen molar-refractivity contribution in [3.8, 4) is 5.75 Å². The SMILES string of the molecule is COc1cccc([C@H]2CCNC2)c1. The molecule has 0 saturated carbocycles. The third-order valence-corrected chi connectivity index (χ3v) is 2.63. The standard InChI is InChI=1S/C11H15NO/c1-13-11-4-2-3-9(7-11)10-5-6-12-8-10/h2-4,7,10,12H,5-6,8H2,1H3/t10-/m0/s1. The van der Waals surface area contributed by atoms with Crippen molar-refractivity contribution in [2.75, 3.05) is 20.2 Å². The summed E-state index contributed by atoms with van der Waals surface area (Å²) in [6, 6.07) is 8.37. The quantitative estimate of drug-likeness (QED) is 0.743. The van der Waals surface area contributed by atoms with Crippen LogP contribution in [-0.4, -0.2) is 20.2 Å². The Hall–Kier alpha value is -1.02. The van der Waals surface area contributed by atoms with Gasteiger partial charge in [0.25, 0.3) is 0 Å². The minimum absolute atomic E-state index is 0.676. The molecular weight excluding hydrogens is 162 g/mol. The van der Waals surface area contributed by atoms with Gasteiger partial charge in [-0.2, -0.15) is 0 Å². The van der Waals surface area contributed by atoms with Crippen molar-refractivity contribution in [3.63, 3.8) is 0 Å². The number of methoxy groups -OCH3 is 1. The number of hydrogen-bond acceptors (Lipinski definition) is 2. The zero-order chi connectivity index (χ0) is 9.10. The lowest BCUT2D eigenvalue weighted by molar-refractivity contribution is 0.414. The Morgan fingerprint density at radius 1 is 1.46 bits per heavy atom. The van der Waals surface area contributed by atoms with Gasteiger partial charge >= 0.3 is 0 Å². The molecule has 70 valence electrons. The Morgan fingerprint density at radius 2 is 2.38 bits per heavy atom. The smallest absolute Gasteiger partial charge is 0.119 e. The van der Waals surface area contributed by atoms with Crippen molar-refractivity contribution >= 4 is 0 Å². The Bertz CT molecular complexity index is 279. The van der Waals surface area contributed by atoms with Crippen LogP contribution >= 0.6 is 0 Å². The molecule has 1 aromatic rings. The highest BCUT2D eigenvalue weighted by atomic mass is 16.5. The molecule has 1 aliphatic rings. The van der Waals surface area contributed by atoms with Crippen molar-refractivity contribution in [1.82, 2.24) is 5.32 Å². The minimum atomic E-state index is 0.676. The zero-order valence-electron chi connectivity index (χ0n) is 7.92. The van der Waals surface area contributed by atoms with Gasteiger partial charge in [-0.05, 0) is 36.6 Å². The predicted octanol–water partition coefficient (Wildman–Crippen LogP) is 1.77. The van der Waals surface area contributed by atoms with E-state index < -0.39 is 0 Å². The van der Waals surface area contributed by atoms with Crippen LogP contribution in [0.15, 0.2) is 24.3 Å². The van der Waals surface area contributed by atoms with Gasteiger partial charge in [0.05, 0.1) is 7.11 Å². The van der Waals surface area contributed by atoms with E-state index in [0.29, 0.717) is 5.92 Å². The van der Waals surface area contributed by atoms with Crippen LogP contribution in [0.4, 0.5) is 0 Å². The van der Waals surface area contributed by atoms with E-state index >= 15 is 0 Å². The van der Waals surface area contributed by atoms with Gasteiger partial charge < -0.3 is 10.1 Å². The molecule has 1 aliphatic heterocycles. The van der Waals surface area contributed by atoms with Crippen molar-refractivity contribution in [3.05, 3.63) is 29.8 Å². The summed E-state index contributed by atoms with van der Waals surface area (Å²) in [5.41, 5.74) is 1.39. The number of benzene rings is 1. The first-order valence-corrected chi connectivity index (χ1v) is 4.75. The summed E-state index contributed by atoms with van der Waals surface area (Å²) in [5, 5.41) is 3.37. The van der Waals surface area contributed by atoms with E-state index in [1.165, 1.54) is 12.0 Å². The lowest BCUT2D eigenvalue weighted by Gasteiger charge is -2.09. The van der Waals surface area contributed by atoms with E-state index in [9.17, 15) is 0 Å². The molecule has 1 aromatic carbocycles. The summed E-state index contributed by atoms with van der Waals surface area (Å²) in [6.07, 6.45) is 1.24. The molecule has 0 aliphatic carbocycles. The lowest BCUT2D eigenvalue weighted by atomic mass is 9.98. The fourth-order valence-electron chi connectivity index (χ4n) is 1.83. The average Bonchev–Trinajstić information content (AvgIpc) is 2.71. The molecule has 1 N–H and O–H groups in total. The first-order valence-electron chi connectivity index (χ1n) is 4.75. The molecule has 0 bridgehead atoms. The number of rotatable bonds is 2. The van der Waals surface area contributed by atoms with Gasteiger partial charge in [0.1, 0.15) is 5.75 Å². The topological polar surface area (TPSA) is 21.3 Å². The lowest BCUT2D eigenvalue weighted by Crippen LogP contribution is -2.07. The molecule has 2 nitrogen and oxygen atoms in total. The third-order valence-electron chi connectivity index (χ3n) is 2.63. The molecule has 2 rings (SSSR count). The van der Waals surface area contributed by atoms with E-state index in [-0.39, 0.29) is 0 Å². The van der Waals surface area contributed by atoms with Gasteiger partial charge in [-0.1, -0.05) is 12.1 Å². The maximum atomic E-state index is 5.19. The highest BCUT2D eigenvalue weighted by molar-refractivity contribution is 5.31. The second-order valence-corrected chi connectivity index (χ2v) is 3.47. The first-order chi connectivity index (χ1) is 6.40. The molecule has 2 heteroatoms. The van der Waals surface area contributed by atoms with Crippen molar-refractivity contribution in [2.45, 2.75) is 12.3 Å². The minimum Gasteiger partial charge on any atom is -0.497 e. The van der Waals surface area contributed by atoms with Crippen LogP contribution in [0.25, 0.3) is 0 Å². The van der Waals surface area contributed by atoms with Crippen molar-refractivity contribution in [2.24, 2.45) is 0 Å². The Morgan fingerprint density at radius 3 is 3.08 bits per heavy atom. The molecule has 0 amide bonds. The van der Waals surface area contributed by atoms with Gasteiger partial charge in [0.15, 0.2) is 0 Å². The molecule has 0 aromatic heterocycles. The van der Waals surface area contributed by atoms with E-state index in [4.69, 9.17) is 4.74 Å². The van der Waals surface area contributed by atoms with E-state index in [1.54, 1.807) is 7.11 Å². The second-order valence-electron chi connectivity index (χ2n) is 3.47. The van der Waals surface area contributed by atoms with Gasteiger partial charge in [-0.15, -0.1) is 0 Å². The molecule has 13 heavy (non-hydrogen) atoms. The largest absolute Gasteiger partial charge is 0.497 e. The van der Waals surface area contributed by atoms with Gasteiger partial charge in [0.2, 0.25) is 0 Å². The molecule has 0 spiro atoms. The number of ether oxygens (including phenoxy) is 1. The van der Waals surface area contributed by atoms with Crippen LogP contribution in [0.1, 0.15) is 17.9 Å². The summed E-state index contributed by atoms with van der Waals surface area (Å²) in [4.78, 5) is 0. The normalized spacial score (nSPS) is 21.8. The van der Waals surface area contributed by atoms with E-state index in [0.717, 1.165) is 18.8 Å². The van der Waals surface area contributed by atoms with Crippen LogP contribution in [0.5, 0.6) is 5.75 Å². The Labute approximate surface area is 78.9 Å². The van der Waals surface area contributed by atoms with Crippen molar-refractivity contribution in [1.29, 1.82) is 0 Å². The van der Waals surface area contributed by atoms with Crippen LogP contribution < -0.4 is 10.1 Å². The molecule has 0 radical (unpaired) electrons. The van der Waals surface area contributed by atoms with Crippen LogP contribution in [0, 0.1) is 0 Å². The summed E-state index contributed by atoms with van der Waals surface area (Å²) < 4.78 is 5.19. The number of nitrogens with one attached hydrogen (secondary N) is 1. The Kier molecular flexibility index (Phi) is 2.50. The van der Waals surface area contributed by atoms with Gasteiger partial charge in [-0.3, -0.25) is 0 Å².